The molecule has 0 radical (unpaired) electrons. The van der Waals surface area contributed by atoms with Crippen LogP contribution >= 0.6 is 15.9 Å². The predicted molar refractivity (Wildman–Crippen MR) is 181 cm³/mol. The number of imide groups is 1. The molecule has 0 aromatic heterocycles. The van der Waals surface area contributed by atoms with Gasteiger partial charge in [-0.05, 0) is 55.4 Å². The summed E-state index contributed by atoms with van der Waals surface area (Å²) in [5.41, 5.74) is 1.21. The Morgan fingerprint density at radius 1 is 0.596 bits per heavy atom. The standard InChI is InChI=1S/C39H25BrN2O5/c40-29-23-28(42(46)47)21-22-30(29)41-35(43)33-34(36(41)44)39(27-19-11-4-12-20-27)32(25-15-7-2-8-16-25)31(24-13-5-1-6-14-24)38(33,37(39)45)26-17-9-3-10-18-26/h1-23,33-34H/t33-,34-,38-,39-/m0/s1. The number of amides is 2. The minimum atomic E-state index is -1.52. The highest BCUT2D eigenvalue weighted by Crippen LogP contribution is 2.74. The van der Waals surface area contributed by atoms with Gasteiger partial charge >= 0.3 is 0 Å². The number of rotatable bonds is 6. The summed E-state index contributed by atoms with van der Waals surface area (Å²) >= 11 is 3.40. The number of nitro benzene ring substituents is 1. The van der Waals surface area contributed by atoms with Gasteiger partial charge in [-0.15, -0.1) is 0 Å². The van der Waals surface area contributed by atoms with E-state index in [0.717, 1.165) is 16.0 Å². The first-order chi connectivity index (χ1) is 22.8. The molecule has 1 heterocycles. The van der Waals surface area contributed by atoms with Gasteiger partial charge in [-0.25, -0.2) is 4.90 Å². The summed E-state index contributed by atoms with van der Waals surface area (Å²) < 4.78 is 0.231. The number of nitro groups is 1. The van der Waals surface area contributed by atoms with Crippen molar-refractivity contribution in [3.8, 4) is 0 Å². The molecule has 8 rings (SSSR count). The number of halogens is 1. The average Bonchev–Trinajstić information content (AvgIpc) is 3.62. The fourth-order valence-corrected chi connectivity index (χ4v) is 8.91. The molecule has 0 N–H and O–H groups in total. The minimum Gasteiger partial charge on any atom is -0.297 e. The molecule has 0 unspecified atom stereocenters. The van der Waals surface area contributed by atoms with E-state index in [4.69, 9.17) is 0 Å². The van der Waals surface area contributed by atoms with Crippen LogP contribution in [0.3, 0.4) is 0 Å². The lowest BCUT2D eigenvalue weighted by molar-refractivity contribution is -0.384. The molecule has 2 amide bonds. The van der Waals surface area contributed by atoms with Gasteiger partial charge in [0.1, 0.15) is 0 Å². The molecule has 5 aromatic carbocycles. The van der Waals surface area contributed by atoms with Crippen molar-refractivity contribution in [1.82, 2.24) is 0 Å². The fourth-order valence-electron chi connectivity index (χ4n) is 8.36. The molecule has 3 aliphatic rings. The van der Waals surface area contributed by atoms with Crippen molar-refractivity contribution in [2.24, 2.45) is 11.8 Å². The fraction of sp³-hybridized carbons (Fsp3) is 0.103. The number of Topliss-reactive ketones (excluding diaryl/α,β-unsaturated/α-hetero) is 1. The Bertz CT molecular complexity index is 2030. The second kappa shape index (κ2) is 10.5. The van der Waals surface area contributed by atoms with Gasteiger partial charge in [-0.1, -0.05) is 121 Å². The van der Waals surface area contributed by atoms with E-state index in [1.165, 1.54) is 18.2 Å². The number of hydrogen-bond acceptors (Lipinski definition) is 5. The molecule has 2 fully saturated rings. The van der Waals surface area contributed by atoms with E-state index in [0.29, 0.717) is 22.3 Å². The van der Waals surface area contributed by atoms with E-state index < -0.39 is 39.4 Å². The van der Waals surface area contributed by atoms with Crippen molar-refractivity contribution in [3.63, 3.8) is 0 Å². The van der Waals surface area contributed by atoms with Crippen LogP contribution in [0.4, 0.5) is 11.4 Å². The molecule has 2 aliphatic carbocycles. The van der Waals surface area contributed by atoms with E-state index in [1.807, 2.05) is 121 Å². The van der Waals surface area contributed by atoms with Crippen molar-refractivity contribution < 1.29 is 19.3 Å². The third-order valence-electron chi connectivity index (χ3n) is 9.96. The number of non-ortho nitro benzene ring substituents is 1. The molecule has 0 spiro atoms. The van der Waals surface area contributed by atoms with E-state index in [9.17, 15) is 10.1 Å². The van der Waals surface area contributed by atoms with Crippen LogP contribution in [-0.4, -0.2) is 22.5 Å². The second-order valence-electron chi connectivity index (χ2n) is 12.0. The monoisotopic (exact) mass is 680 g/mol. The van der Waals surface area contributed by atoms with Crippen LogP contribution < -0.4 is 4.90 Å². The molecule has 1 aliphatic heterocycles. The summed E-state index contributed by atoms with van der Waals surface area (Å²) in [6, 6.07) is 41.9. The van der Waals surface area contributed by atoms with Crippen molar-refractivity contribution >= 4 is 56.0 Å². The van der Waals surface area contributed by atoms with Crippen LogP contribution in [0.5, 0.6) is 0 Å². The first-order valence-corrected chi connectivity index (χ1v) is 16.0. The Balaban J connectivity index is 1.52. The number of anilines is 1. The van der Waals surface area contributed by atoms with Crippen LogP contribution in [-0.2, 0) is 25.2 Å². The zero-order valence-corrected chi connectivity index (χ0v) is 26.3. The van der Waals surface area contributed by atoms with Crippen LogP contribution in [0.1, 0.15) is 22.3 Å². The predicted octanol–water partition coefficient (Wildman–Crippen LogP) is 7.55. The molecule has 1 saturated carbocycles. The number of nitrogens with zero attached hydrogens (tertiary/aromatic N) is 2. The normalized spacial score (nSPS) is 24.6. The number of benzene rings is 5. The zero-order valence-electron chi connectivity index (χ0n) is 24.7. The zero-order chi connectivity index (χ0) is 32.5. The molecule has 7 nitrogen and oxygen atoms in total. The van der Waals surface area contributed by atoms with Gasteiger partial charge in [0, 0.05) is 16.6 Å². The smallest absolute Gasteiger partial charge is 0.270 e. The van der Waals surface area contributed by atoms with Gasteiger partial charge in [0.25, 0.3) is 5.69 Å². The van der Waals surface area contributed by atoms with Gasteiger partial charge in [0.15, 0.2) is 5.78 Å². The molecule has 47 heavy (non-hydrogen) atoms. The molecular weight excluding hydrogens is 656 g/mol. The number of carbonyl (C=O) groups excluding carboxylic acids is 3. The number of allylic oxidation sites excluding steroid dienone is 2. The third kappa shape index (κ3) is 3.70. The van der Waals surface area contributed by atoms with Gasteiger partial charge in [0.05, 0.1) is 33.3 Å². The second-order valence-corrected chi connectivity index (χ2v) is 12.9. The first-order valence-electron chi connectivity index (χ1n) is 15.2. The summed E-state index contributed by atoms with van der Waals surface area (Å²) in [6.45, 7) is 0. The average molecular weight is 682 g/mol. The summed E-state index contributed by atoms with van der Waals surface area (Å²) in [4.78, 5) is 58.1. The van der Waals surface area contributed by atoms with Crippen LogP contribution in [0, 0.1) is 22.0 Å². The third-order valence-corrected chi connectivity index (χ3v) is 10.6. The summed E-state index contributed by atoms with van der Waals surface area (Å²) in [7, 11) is 0. The Morgan fingerprint density at radius 2 is 1.00 bits per heavy atom. The van der Waals surface area contributed by atoms with E-state index in [-0.39, 0.29) is 21.6 Å². The van der Waals surface area contributed by atoms with Crippen molar-refractivity contribution in [2.75, 3.05) is 4.90 Å². The van der Waals surface area contributed by atoms with Gasteiger partial charge in [-0.3, -0.25) is 24.5 Å². The summed E-state index contributed by atoms with van der Waals surface area (Å²) in [5.74, 6) is -3.43. The molecule has 2 bridgehead atoms. The highest BCUT2D eigenvalue weighted by Gasteiger charge is 2.82. The highest BCUT2D eigenvalue weighted by molar-refractivity contribution is 9.10. The van der Waals surface area contributed by atoms with Crippen LogP contribution in [0.2, 0.25) is 0 Å². The van der Waals surface area contributed by atoms with E-state index in [2.05, 4.69) is 15.9 Å². The summed E-state index contributed by atoms with van der Waals surface area (Å²) in [5, 5.41) is 11.5. The Labute approximate surface area is 278 Å². The SMILES string of the molecule is O=C1[C@@H]2[C@@H](C(=O)N1c1ccc([N+](=O)[O-])cc1Br)[C@@]1(c3ccccc3)C(=O)[C@@]2(c2ccccc2)C(c2ccccc2)=C1c1ccccc1. The Kier molecular flexibility index (Phi) is 6.49. The first kappa shape index (κ1) is 29.0. The quantitative estimate of drug-likeness (QED) is 0.105. The lowest BCUT2D eigenvalue weighted by Crippen LogP contribution is -2.45. The largest absolute Gasteiger partial charge is 0.297 e. The number of carbonyl (C=O) groups is 3. The van der Waals surface area contributed by atoms with Crippen LogP contribution in [0.15, 0.2) is 144 Å². The Morgan fingerprint density at radius 3 is 1.38 bits per heavy atom. The van der Waals surface area contributed by atoms with E-state index in [1.54, 1.807) is 0 Å². The van der Waals surface area contributed by atoms with Gasteiger partial charge in [0.2, 0.25) is 11.8 Å². The van der Waals surface area contributed by atoms with Gasteiger partial charge in [-0.2, -0.15) is 0 Å². The maximum Gasteiger partial charge on any atom is 0.270 e. The topological polar surface area (TPSA) is 97.6 Å². The van der Waals surface area contributed by atoms with Gasteiger partial charge < -0.3 is 0 Å². The number of fused-ring (bicyclic) bond motifs is 5. The number of ketones is 1. The van der Waals surface area contributed by atoms with Crippen LogP contribution in [0.25, 0.3) is 11.1 Å². The number of hydrogen-bond donors (Lipinski definition) is 0. The molecule has 5 aromatic rings. The van der Waals surface area contributed by atoms with E-state index >= 15 is 14.4 Å². The maximum absolute atomic E-state index is 15.9. The maximum atomic E-state index is 15.9. The highest BCUT2D eigenvalue weighted by atomic mass is 79.9. The molecular formula is C39H25BrN2O5. The molecule has 4 atom stereocenters. The van der Waals surface area contributed by atoms with Crippen molar-refractivity contribution in [3.05, 3.63) is 176 Å². The van der Waals surface area contributed by atoms with Crippen molar-refractivity contribution in [2.45, 2.75) is 10.8 Å². The van der Waals surface area contributed by atoms with Crippen molar-refractivity contribution in [1.29, 1.82) is 0 Å². The Hall–Kier alpha value is -5.47. The molecule has 8 heteroatoms. The minimum absolute atomic E-state index is 0.184. The summed E-state index contributed by atoms with van der Waals surface area (Å²) in [6.07, 6.45) is 0. The lowest BCUT2D eigenvalue weighted by atomic mass is 9.59. The lowest BCUT2D eigenvalue weighted by Gasteiger charge is -2.39. The molecule has 228 valence electrons. The molecule has 1 saturated heterocycles.